The van der Waals surface area contributed by atoms with Crippen LogP contribution in [0.4, 0.5) is 0 Å². The van der Waals surface area contributed by atoms with E-state index < -0.39 is 16.9 Å². The van der Waals surface area contributed by atoms with E-state index in [0.717, 1.165) is 0 Å². The molecule has 0 amide bonds. The van der Waals surface area contributed by atoms with Crippen LogP contribution in [-0.4, -0.2) is 49.9 Å². The van der Waals surface area contributed by atoms with Gasteiger partial charge in [0.15, 0.2) is 6.79 Å². The average Bonchev–Trinajstić information content (AvgIpc) is 2.06. The maximum absolute atomic E-state index is 11.0. The average molecular weight is 211 g/mol. The molecule has 13 heavy (non-hydrogen) atoms. The van der Waals surface area contributed by atoms with Crippen molar-refractivity contribution < 1.29 is 17.7 Å². The van der Waals surface area contributed by atoms with Crippen LogP contribution in [0, 0.1) is 0 Å². The zero-order chi connectivity index (χ0) is 9.03. The van der Waals surface area contributed by atoms with Crippen LogP contribution >= 0.6 is 0 Å². The van der Waals surface area contributed by atoms with Gasteiger partial charge in [-0.25, -0.2) is 4.18 Å². The van der Waals surface area contributed by atoms with E-state index in [1.165, 1.54) is 12.1 Å². The van der Waals surface area contributed by atoms with E-state index >= 15 is 0 Å². The van der Waals surface area contributed by atoms with E-state index in [2.05, 4.69) is 4.18 Å². The smallest absolute Gasteiger partial charge is 0.299 e. The first-order chi connectivity index (χ1) is 5.67. The van der Waals surface area contributed by atoms with Gasteiger partial charge >= 0.3 is 0 Å². The summed E-state index contributed by atoms with van der Waals surface area (Å²) in [5, 5.41) is 8.26. The molecule has 0 aliphatic rings. The summed E-state index contributed by atoms with van der Waals surface area (Å²) in [5.41, 5.74) is 0. The second kappa shape index (κ2) is 5.74. The second-order valence-electron chi connectivity index (χ2n) is 2.01. The van der Waals surface area contributed by atoms with Gasteiger partial charge in [0.2, 0.25) is 0 Å². The van der Waals surface area contributed by atoms with Crippen molar-refractivity contribution in [2.24, 2.45) is 0 Å². The Labute approximate surface area is 99.0 Å². The number of aliphatic hydroxyl groups excluding tert-OH is 1. The Morgan fingerprint density at radius 3 is 2.23 bits per heavy atom. The Morgan fingerprint density at radius 1 is 1.23 bits per heavy atom. The molecule has 0 heterocycles. The van der Waals surface area contributed by atoms with Crippen LogP contribution in [-0.2, 0) is 14.3 Å². The quantitative estimate of drug-likeness (QED) is 0.433. The number of benzene rings is 1. The molecule has 67 valence electrons. The van der Waals surface area contributed by atoms with Gasteiger partial charge < -0.3 is 5.11 Å². The molecule has 0 saturated heterocycles. The van der Waals surface area contributed by atoms with Crippen LogP contribution in [0.5, 0.6) is 0 Å². The van der Waals surface area contributed by atoms with Crippen molar-refractivity contribution in [3.05, 3.63) is 30.3 Å². The van der Waals surface area contributed by atoms with Crippen molar-refractivity contribution in [3.8, 4) is 0 Å². The van der Waals surface area contributed by atoms with Crippen LogP contribution < -0.4 is 0 Å². The first kappa shape index (κ1) is 13.1. The van der Waals surface area contributed by atoms with Crippen LogP contribution in [0.1, 0.15) is 0 Å². The molecule has 6 heteroatoms. The van der Waals surface area contributed by atoms with Gasteiger partial charge in [-0.1, -0.05) is 18.2 Å². The summed E-state index contributed by atoms with van der Waals surface area (Å²) in [7, 11) is -3.76. The van der Waals surface area contributed by atoms with Crippen molar-refractivity contribution >= 4 is 39.7 Å². The Kier molecular flexibility index (Phi) is 5.78. The molecule has 0 bridgehead atoms. The van der Waals surface area contributed by atoms with Gasteiger partial charge in [0.25, 0.3) is 10.1 Å². The molecular weight excluding hydrogens is 203 g/mol. The SMILES string of the molecule is O=S(=O)(OCO)c1ccccc1.[Na]. The summed E-state index contributed by atoms with van der Waals surface area (Å²) in [4.78, 5) is 0.0408. The number of hydrogen-bond donors (Lipinski definition) is 1. The fraction of sp³-hybridized carbons (Fsp3) is 0.143. The van der Waals surface area contributed by atoms with E-state index in [4.69, 9.17) is 5.11 Å². The zero-order valence-electron chi connectivity index (χ0n) is 7.17. The Hall–Kier alpha value is 0.0900. The molecule has 0 aliphatic heterocycles. The fourth-order valence-corrected chi connectivity index (χ4v) is 1.49. The van der Waals surface area contributed by atoms with E-state index in [-0.39, 0.29) is 34.5 Å². The van der Waals surface area contributed by atoms with Crippen molar-refractivity contribution in [2.45, 2.75) is 4.90 Å². The molecule has 1 N–H and O–H groups in total. The molecule has 0 unspecified atom stereocenters. The minimum Gasteiger partial charge on any atom is -0.369 e. The first-order valence-electron chi connectivity index (χ1n) is 3.22. The van der Waals surface area contributed by atoms with Crippen molar-refractivity contribution in [2.75, 3.05) is 6.79 Å². The van der Waals surface area contributed by atoms with Gasteiger partial charge in [-0.2, -0.15) is 8.42 Å². The topological polar surface area (TPSA) is 63.6 Å². The van der Waals surface area contributed by atoms with Crippen LogP contribution in [0.3, 0.4) is 0 Å². The minimum atomic E-state index is -3.76. The van der Waals surface area contributed by atoms with Gasteiger partial charge in [-0.05, 0) is 12.1 Å². The van der Waals surface area contributed by atoms with E-state index in [1.54, 1.807) is 18.2 Å². The number of rotatable bonds is 3. The van der Waals surface area contributed by atoms with Gasteiger partial charge in [0.05, 0.1) is 4.90 Å². The molecule has 4 nitrogen and oxygen atoms in total. The Morgan fingerprint density at radius 2 is 1.77 bits per heavy atom. The van der Waals surface area contributed by atoms with Crippen LogP contribution in [0.2, 0.25) is 0 Å². The predicted molar refractivity (Wildman–Crippen MR) is 47.6 cm³/mol. The van der Waals surface area contributed by atoms with E-state index in [0.29, 0.717) is 0 Å². The Balaban J connectivity index is 0.00000144. The van der Waals surface area contributed by atoms with E-state index in [9.17, 15) is 8.42 Å². The van der Waals surface area contributed by atoms with Crippen molar-refractivity contribution in [3.63, 3.8) is 0 Å². The zero-order valence-corrected chi connectivity index (χ0v) is 9.99. The van der Waals surface area contributed by atoms with E-state index in [1.807, 2.05) is 0 Å². The number of aliphatic hydroxyl groups is 1. The monoisotopic (exact) mass is 211 g/mol. The minimum absolute atomic E-state index is 0. The summed E-state index contributed by atoms with van der Waals surface area (Å²) >= 11 is 0. The normalized spacial score (nSPS) is 10.5. The first-order valence-corrected chi connectivity index (χ1v) is 4.63. The number of hydrogen-bond acceptors (Lipinski definition) is 4. The molecule has 1 rings (SSSR count). The maximum Gasteiger partial charge on any atom is 0.299 e. The molecule has 1 radical (unpaired) electrons. The third-order valence-corrected chi connectivity index (χ3v) is 2.50. The molecule has 0 fully saturated rings. The molecule has 0 aliphatic carbocycles. The molecular formula is C7H8NaO4S. The van der Waals surface area contributed by atoms with Gasteiger partial charge in [0.1, 0.15) is 0 Å². The second-order valence-corrected chi connectivity index (χ2v) is 3.63. The molecule has 0 saturated carbocycles. The van der Waals surface area contributed by atoms with Gasteiger partial charge in [0, 0.05) is 29.6 Å². The predicted octanol–water partition coefficient (Wildman–Crippen LogP) is -0.0391. The standard InChI is InChI=1S/C7H8O4S.Na/c8-6-11-12(9,10)7-4-2-1-3-5-7;/h1-5,8H,6H2;. The fourth-order valence-electron chi connectivity index (χ4n) is 0.725. The van der Waals surface area contributed by atoms with Crippen LogP contribution in [0.25, 0.3) is 0 Å². The van der Waals surface area contributed by atoms with Crippen molar-refractivity contribution in [1.82, 2.24) is 0 Å². The molecule has 1 aromatic rings. The van der Waals surface area contributed by atoms with Gasteiger partial charge in [-0.15, -0.1) is 0 Å². The summed E-state index contributed by atoms with van der Waals surface area (Å²) in [5.74, 6) is 0. The maximum atomic E-state index is 11.0. The third kappa shape index (κ3) is 3.76. The van der Waals surface area contributed by atoms with Gasteiger partial charge in [-0.3, -0.25) is 0 Å². The molecule has 0 atom stereocenters. The molecule has 1 aromatic carbocycles. The summed E-state index contributed by atoms with van der Waals surface area (Å²) in [6.45, 7) is -0.836. The van der Waals surface area contributed by atoms with Crippen molar-refractivity contribution in [1.29, 1.82) is 0 Å². The summed E-state index contributed by atoms with van der Waals surface area (Å²) < 4.78 is 26.2. The summed E-state index contributed by atoms with van der Waals surface area (Å²) in [6, 6.07) is 7.63. The summed E-state index contributed by atoms with van der Waals surface area (Å²) in [6.07, 6.45) is 0. The van der Waals surface area contributed by atoms with Crippen LogP contribution in [0.15, 0.2) is 35.2 Å². The molecule has 0 aromatic heterocycles. The Bertz CT molecular complexity index is 335. The largest absolute Gasteiger partial charge is 0.369 e. The molecule has 0 spiro atoms. The third-order valence-electron chi connectivity index (χ3n) is 1.24.